The first-order valence-electron chi connectivity index (χ1n) is 11.8. The first-order chi connectivity index (χ1) is 14.6. The molecule has 30 heavy (non-hydrogen) atoms. The maximum atomic E-state index is 13.7. The first kappa shape index (κ1) is 20.2. The van der Waals surface area contributed by atoms with Crippen LogP contribution in [-0.2, 0) is 24.2 Å². The normalized spacial score (nSPS) is 29.8. The quantitative estimate of drug-likeness (QED) is 0.757. The number of nitrogens with zero attached hydrogens (tertiary/aromatic N) is 4. The van der Waals surface area contributed by atoms with Gasteiger partial charge in [-0.15, -0.1) is 0 Å². The molecule has 3 unspecified atom stereocenters. The van der Waals surface area contributed by atoms with Gasteiger partial charge in [0.05, 0.1) is 5.71 Å². The zero-order valence-corrected chi connectivity index (χ0v) is 18.0. The molecule has 0 amide bonds. The van der Waals surface area contributed by atoms with Crippen LogP contribution in [0.3, 0.4) is 0 Å². The second-order valence-electron chi connectivity index (χ2n) is 9.55. The number of fused-ring (bicyclic) bond motifs is 2. The standard InChI is InChI=1S/C23H33FN4O2/c1-15-18(23(29)28-10-3-2-4-21(28)25-15)9-13-27-11-7-16(8-12-27)22-19-6-5-17(24)14-20(19)30-26-22/h16-17,19-20H,2-14H2,1H3. The third kappa shape index (κ3) is 3.81. The maximum Gasteiger partial charge on any atom is 0.256 e. The molecule has 0 bridgehead atoms. The van der Waals surface area contributed by atoms with Crippen LogP contribution in [0.15, 0.2) is 9.95 Å². The van der Waals surface area contributed by atoms with Gasteiger partial charge in [-0.05, 0) is 65.0 Å². The van der Waals surface area contributed by atoms with E-state index in [1.54, 1.807) is 0 Å². The monoisotopic (exact) mass is 416 g/mol. The average molecular weight is 417 g/mol. The van der Waals surface area contributed by atoms with E-state index in [1.165, 1.54) is 5.71 Å². The van der Waals surface area contributed by atoms with E-state index in [-0.39, 0.29) is 11.7 Å². The number of alkyl halides is 1. The third-order valence-corrected chi connectivity index (χ3v) is 7.67. The van der Waals surface area contributed by atoms with Crippen molar-refractivity contribution in [1.82, 2.24) is 14.5 Å². The van der Waals surface area contributed by atoms with Crippen molar-refractivity contribution in [2.45, 2.75) is 83.5 Å². The van der Waals surface area contributed by atoms with Gasteiger partial charge in [0.2, 0.25) is 0 Å². The predicted octanol–water partition coefficient (Wildman–Crippen LogP) is 3.04. The fraction of sp³-hybridized carbons (Fsp3) is 0.783. The van der Waals surface area contributed by atoms with Gasteiger partial charge in [-0.2, -0.15) is 0 Å². The minimum Gasteiger partial charge on any atom is -0.392 e. The van der Waals surface area contributed by atoms with Crippen LogP contribution in [0.5, 0.6) is 0 Å². The molecule has 1 saturated carbocycles. The summed E-state index contributed by atoms with van der Waals surface area (Å²) in [7, 11) is 0. The van der Waals surface area contributed by atoms with Crippen molar-refractivity contribution in [2.75, 3.05) is 19.6 Å². The molecular weight excluding hydrogens is 383 g/mol. The molecule has 3 atom stereocenters. The molecule has 4 heterocycles. The summed E-state index contributed by atoms with van der Waals surface area (Å²) in [6.07, 6.45) is 7.31. The number of hydrogen-bond donors (Lipinski definition) is 0. The van der Waals surface area contributed by atoms with Gasteiger partial charge in [0.25, 0.3) is 5.56 Å². The van der Waals surface area contributed by atoms with Crippen LogP contribution in [0.2, 0.25) is 0 Å². The van der Waals surface area contributed by atoms with Crippen LogP contribution in [0, 0.1) is 18.8 Å². The van der Waals surface area contributed by atoms with Crippen LogP contribution in [-0.4, -0.2) is 52.1 Å². The summed E-state index contributed by atoms with van der Waals surface area (Å²) in [4.78, 5) is 25.7. The molecule has 1 aromatic rings. The van der Waals surface area contributed by atoms with Gasteiger partial charge in [0, 0.05) is 49.0 Å². The summed E-state index contributed by atoms with van der Waals surface area (Å²) in [6.45, 7) is 5.74. The lowest BCUT2D eigenvalue weighted by atomic mass is 9.76. The lowest BCUT2D eigenvalue weighted by Crippen LogP contribution is -2.41. The SMILES string of the molecule is Cc1nc2n(c(=O)c1CCN1CCC(C3=NOC4CC(F)CCC34)CC1)CCCC2. The molecule has 6 nitrogen and oxygen atoms in total. The minimum absolute atomic E-state index is 0.0331. The second kappa shape index (κ2) is 8.40. The Morgan fingerprint density at radius 1 is 1.13 bits per heavy atom. The molecule has 1 aliphatic carbocycles. The number of oxime groups is 1. The molecule has 4 aliphatic rings. The van der Waals surface area contributed by atoms with E-state index >= 15 is 0 Å². The van der Waals surface area contributed by atoms with E-state index < -0.39 is 6.17 Å². The largest absolute Gasteiger partial charge is 0.392 e. The summed E-state index contributed by atoms with van der Waals surface area (Å²) in [6, 6.07) is 0. The van der Waals surface area contributed by atoms with Gasteiger partial charge in [-0.3, -0.25) is 9.36 Å². The van der Waals surface area contributed by atoms with E-state index in [0.717, 1.165) is 88.2 Å². The molecule has 5 rings (SSSR count). The van der Waals surface area contributed by atoms with Crippen molar-refractivity contribution >= 4 is 5.71 Å². The highest BCUT2D eigenvalue weighted by Gasteiger charge is 2.42. The molecular formula is C23H33FN4O2. The van der Waals surface area contributed by atoms with E-state index in [4.69, 9.17) is 9.82 Å². The van der Waals surface area contributed by atoms with Gasteiger partial charge >= 0.3 is 0 Å². The Balaban J connectivity index is 1.17. The molecule has 0 spiro atoms. The fourth-order valence-corrected chi connectivity index (χ4v) is 5.85. The molecule has 0 N–H and O–H groups in total. The summed E-state index contributed by atoms with van der Waals surface area (Å²) < 4.78 is 15.6. The zero-order valence-electron chi connectivity index (χ0n) is 18.0. The lowest BCUT2D eigenvalue weighted by molar-refractivity contribution is 0.0140. The lowest BCUT2D eigenvalue weighted by Gasteiger charge is -2.34. The van der Waals surface area contributed by atoms with Crippen molar-refractivity contribution in [1.29, 1.82) is 0 Å². The van der Waals surface area contributed by atoms with Gasteiger partial charge < -0.3 is 9.74 Å². The zero-order chi connectivity index (χ0) is 20.7. The van der Waals surface area contributed by atoms with Crippen molar-refractivity contribution in [2.24, 2.45) is 17.0 Å². The predicted molar refractivity (Wildman–Crippen MR) is 114 cm³/mol. The molecule has 0 radical (unpaired) electrons. The van der Waals surface area contributed by atoms with E-state index in [9.17, 15) is 9.18 Å². The van der Waals surface area contributed by atoms with Gasteiger partial charge in [-0.1, -0.05) is 5.16 Å². The fourth-order valence-electron chi connectivity index (χ4n) is 5.85. The van der Waals surface area contributed by atoms with Gasteiger partial charge in [-0.25, -0.2) is 9.37 Å². The highest BCUT2D eigenvalue weighted by Crippen LogP contribution is 2.38. The number of halogens is 1. The van der Waals surface area contributed by atoms with Crippen LogP contribution < -0.4 is 5.56 Å². The topological polar surface area (TPSA) is 59.7 Å². The summed E-state index contributed by atoms with van der Waals surface area (Å²) in [5, 5.41) is 4.40. The Hall–Kier alpha value is -1.76. The van der Waals surface area contributed by atoms with Crippen molar-refractivity contribution < 1.29 is 9.23 Å². The molecule has 7 heteroatoms. The Morgan fingerprint density at radius 2 is 1.97 bits per heavy atom. The number of hydrogen-bond acceptors (Lipinski definition) is 5. The van der Waals surface area contributed by atoms with Crippen LogP contribution in [0.25, 0.3) is 0 Å². The first-order valence-corrected chi connectivity index (χ1v) is 11.8. The highest BCUT2D eigenvalue weighted by molar-refractivity contribution is 5.90. The van der Waals surface area contributed by atoms with Gasteiger partial charge in [0.15, 0.2) is 0 Å². The highest BCUT2D eigenvalue weighted by atomic mass is 19.1. The van der Waals surface area contributed by atoms with Crippen LogP contribution in [0.1, 0.15) is 62.0 Å². The molecule has 3 aliphatic heterocycles. The van der Waals surface area contributed by atoms with Crippen LogP contribution in [0.4, 0.5) is 4.39 Å². The smallest absolute Gasteiger partial charge is 0.256 e. The molecule has 0 aromatic carbocycles. The van der Waals surface area contributed by atoms with Crippen molar-refractivity contribution in [3.63, 3.8) is 0 Å². The van der Waals surface area contributed by atoms with Crippen molar-refractivity contribution in [3.05, 3.63) is 27.4 Å². The number of aromatic nitrogens is 2. The van der Waals surface area contributed by atoms with E-state index in [1.807, 2.05) is 11.5 Å². The Morgan fingerprint density at radius 3 is 2.80 bits per heavy atom. The van der Waals surface area contributed by atoms with Crippen LogP contribution >= 0.6 is 0 Å². The molecule has 164 valence electrons. The summed E-state index contributed by atoms with van der Waals surface area (Å²) in [5.74, 6) is 1.76. The van der Waals surface area contributed by atoms with E-state index in [0.29, 0.717) is 24.7 Å². The van der Waals surface area contributed by atoms with Gasteiger partial charge in [0.1, 0.15) is 18.1 Å². The minimum atomic E-state index is -0.728. The molecule has 2 fully saturated rings. The maximum absolute atomic E-state index is 13.7. The van der Waals surface area contributed by atoms with Crippen molar-refractivity contribution in [3.8, 4) is 0 Å². The van der Waals surface area contributed by atoms with E-state index in [2.05, 4.69) is 10.1 Å². The average Bonchev–Trinajstić information content (AvgIpc) is 3.17. The number of piperidine rings is 1. The third-order valence-electron chi connectivity index (χ3n) is 7.67. The number of likely N-dealkylation sites (tertiary alicyclic amines) is 1. The Labute approximate surface area is 177 Å². The molecule has 1 aromatic heterocycles. The number of aryl methyl sites for hydroxylation is 2. The number of rotatable bonds is 4. The second-order valence-corrected chi connectivity index (χ2v) is 9.55. The summed E-state index contributed by atoms with van der Waals surface area (Å²) in [5.41, 5.74) is 3.18. The Kier molecular flexibility index (Phi) is 5.65. The molecule has 1 saturated heterocycles. The summed E-state index contributed by atoms with van der Waals surface area (Å²) >= 11 is 0. The Bertz CT molecular complexity index is 875.